The number of fused-ring (bicyclic) bond motifs is 1. The standard InChI is InChI=1S/C22H22N6O4/c1-23-21(29)19-12-15(8-9-24-19)32-14-5-7-16-18(11-14)27-22(25-16)26-17-6-4-13(28(2)30)10-20(17)31-3/h4-12,30H,1-3H3,(H,23,29)(H2,25,26,27). The summed E-state index contributed by atoms with van der Waals surface area (Å²) >= 11 is 0. The minimum atomic E-state index is -0.288. The molecule has 0 saturated carbocycles. The van der Waals surface area contributed by atoms with E-state index >= 15 is 0 Å². The zero-order chi connectivity index (χ0) is 22.7. The molecule has 0 aliphatic rings. The largest absolute Gasteiger partial charge is 0.494 e. The van der Waals surface area contributed by atoms with E-state index in [2.05, 4.69) is 25.6 Å². The molecular formula is C22H22N6O4. The first-order chi connectivity index (χ1) is 15.5. The van der Waals surface area contributed by atoms with Crippen molar-refractivity contribution in [2.75, 3.05) is 31.6 Å². The number of hydrogen-bond acceptors (Lipinski definition) is 8. The number of methoxy groups -OCH3 is 1. The van der Waals surface area contributed by atoms with Crippen LogP contribution in [-0.2, 0) is 0 Å². The summed E-state index contributed by atoms with van der Waals surface area (Å²) in [5.41, 5.74) is 3.05. The number of H-pyrrole nitrogens is 1. The first kappa shape index (κ1) is 20.9. The number of nitrogens with zero attached hydrogens (tertiary/aromatic N) is 3. The van der Waals surface area contributed by atoms with E-state index in [1.807, 2.05) is 12.1 Å². The van der Waals surface area contributed by atoms with Crippen molar-refractivity contribution in [3.63, 3.8) is 0 Å². The summed E-state index contributed by atoms with van der Waals surface area (Å²) in [5, 5.41) is 16.3. The molecule has 0 aliphatic heterocycles. The van der Waals surface area contributed by atoms with Crippen LogP contribution in [0.25, 0.3) is 11.0 Å². The minimum Gasteiger partial charge on any atom is -0.494 e. The third kappa shape index (κ3) is 4.40. The number of imidazole rings is 1. The maximum absolute atomic E-state index is 11.8. The smallest absolute Gasteiger partial charge is 0.269 e. The van der Waals surface area contributed by atoms with Crippen molar-refractivity contribution >= 4 is 34.3 Å². The number of rotatable bonds is 7. The number of benzene rings is 2. The van der Waals surface area contributed by atoms with Crippen molar-refractivity contribution in [2.45, 2.75) is 0 Å². The van der Waals surface area contributed by atoms with Gasteiger partial charge in [-0.1, -0.05) is 0 Å². The van der Waals surface area contributed by atoms with Crippen LogP contribution < -0.4 is 25.2 Å². The molecule has 0 spiro atoms. The fourth-order valence-electron chi connectivity index (χ4n) is 3.09. The molecule has 10 nitrogen and oxygen atoms in total. The van der Waals surface area contributed by atoms with Gasteiger partial charge in [-0.3, -0.25) is 20.0 Å². The Bertz CT molecular complexity index is 1270. The molecule has 2 heterocycles. The first-order valence-electron chi connectivity index (χ1n) is 9.70. The molecule has 164 valence electrons. The van der Waals surface area contributed by atoms with Crippen LogP contribution in [-0.4, -0.2) is 47.3 Å². The van der Waals surface area contributed by atoms with Crippen molar-refractivity contribution in [3.8, 4) is 17.2 Å². The Kier molecular flexibility index (Phi) is 5.77. The Labute approximate surface area is 183 Å². The van der Waals surface area contributed by atoms with Crippen LogP contribution >= 0.6 is 0 Å². The Balaban J connectivity index is 1.56. The summed E-state index contributed by atoms with van der Waals surface area (Å²) in [4.78, 5) is 23.5. The fraction of sp³-hybridized carbons (Fsp3) is 0.136. The Morgan fingerprint density at radius 3 is 2.69 bits per heavy atom. The molecule has 0 bridgehead atoms. The van der Waals surface area contributed by atoms with Crippen LogP contribution in [0.1, 0.15) is 10.5 Å². The van der Waals surface area contributed by atoms with E-state index < -0.39 is 0 Å². The lowest BCUT2D eigenvalue weighted by molar-refractivity contribution is 0.0958. The average molecular weight is 434 g/mol. The number of pyridine rings is 1. The van der Waals surface area contributed by atoms with Crippen LogP contribution in [0.2, 0.25) is 0 Å². The molecule has 4 aromatic rings. The number of hydroxylamine groups is 1. The fourth-order valence-corrected chi connectivity index (χ4v) is 3.09. The Morgan fingerprint density at radius 2 is 1.94 bits per heavy atom. The molecule has 2 aromatic heterocycles. The van der Waals surface area contributed by atoms with Crippen LogP contribution in [0.4, 0.5) is 17.3 Å². The summed E-state index contributed by atoms with van der Waals surface area (Å²) in [7, 11) is 4.63. The van der Waals surface area contributed by atoms with Crippen molar-refractivity contribution in [1.29, 1.82) is 0 Å². The second kappa shape index (κ2) is 8.82. The van der Waals surface area contributed by atoms with E-state index in [0.717, 1.165) is 16.1 Å². The highest BCUT2D eigenvalue weighted by atomic mass is 16.5. The molecule has 0 unspecified atom stereocenters. The third-order valence-electron chi connectivity index (χ3n) is 4.69. The number of hydrogen-bond donors (Lipinski definition) is 4. The molecule has 4 rings (SSSR count). The molecule has 0 atom stereocenters. The van der Waals surface area contributed by atoms with Crippen molar-refractivity contribution < 1.29 is 19.5 Å². The van der Waals surface area contributed by atoms with E-state index in [0.29, 0.717) is 34.6 Å². The predicted molar refractivity (Wildman–Crippen MR) is 120 cm³/mol. The second-order valence-corrected chi connectivity index (χ2v) is 6.86. The summed E-state index contributed by atoms with van der Waals surface area (Å²) in [6.07, 6.45) is 1.52. The van der Waals surface area contributed by atoms with Gasteiger partial charge in [0.25, 0.3) is 5.91 Å². The molecule has 10 heteroatoms. The lowest BCUT2D eigenvalue weighted by Gasteiger charge is -2.14. The van der Waals surface area contributed by atoms with Crippen LogP contribution in [0, 0.1) is 0 Å². The van der Waals surface area contributed by atoms with Gasteiger partial charge in [0.05, 0.1) is 29.5 Å². The summed E-state index contributed by atoms with van der Waals surface area (Å²) in [5.74, 6) is 1.86. The molecule has 0 aliphatic carbocycles. The SMILES string of the molecule is CNC(=O)c1cc(Oc2ccc3nc(Nc4ccc(N(C)O)cc4OC)[nH]c3c2)ccn1. The van der Waals surface area contributed by atoms with Crippen LogP contribution in [0.5, 0.6) is 17.2 Å². The van der Waals surface area contributed by atoms with E-state index in [-0.39, 0.29) is 11.6 Å². The lowest BCUT2D eigenvalue weighted by atomic mass is 10.2. The lowest BCUT2D eigenvalue weighted by Crippen LogP contribution is -2.18. The Morgan fingerprint density at radius 1 is 1.12 bits per heavy atom. The number of aromatic nitrogens is 3. The molecule has 0 fully saturated rings. The molecular weight excluding hydrogens is 412 g/mol. The van der Waals surface area contributed by atoms with Crippen molar-refractivity contribution in [2.24, 2.45) is 0 Å². The summed E-state index contributed by atoms with van der Waals surface area (Å²) < 4.78 is 11.3. The number of aromatic amines is 1. The summed E-state index contributed by atoms with van der Waals surface area (Å²) in [6.45, 7) is 0. The monoisotopic (exact) mass is 434 g/mol. The maximum Gasteiger partial charge on any atom is 0.269 e. The number of amides is 1. The van der Waals surface area contributed by atoms with Gasteiger partial charge >= 0.3 is 0 Å². The van der Waals surface area contributed by atoms with Gasteiger partial charge in [0.2, 0.25) is 5.95 Å². The minimum absolute atomic E-state index is 0.270. The van der Waals surface area contributed by atoms with E-state index in [1.165, 1.54) is 13.2 Å². The van der Waals surface area contributed by atoms with Gasteiger partial charge in [0.1, 0.15) is 22.9 Å². The van der Waals surface area contributed by atoms with Gasteiger partial charge in [-0.25, -0.2) is 4.98 Å². The maximum atomic E-state index is 11.8. The second-order valence-electron chi connectivity index (χ2n) is 6.86. The van der Waals surface area contributed by atoms with Gasteiger partial charge in [-0.05, 0) is 30.3 Å². The highest BCUT2D eigenvalue weighted by molar-refractivity contribution is 5.92. The topological polar surface area (TPSA) is 125 Å². The third-order valence-corrected chi connectivity index (χ3v) is 4.69. The summed E-state index contributed by atoms with van der Waals surface area (Å²) in [6, 6.07) is 13.9. The Hall–Kier alpha value is -4.31. The van der Waals surface area contributed by atoms with Gasteiger partial charge < -0.3 is 25.1 Å². The van der Waals surface area contributed by atoms with Gasteiger partial charge in [-0.15, -0.1) is 0 Å². The van der Waals surface area contributed by atoms with Crippen molar-refractivity contribution in [3.05, 3.63) is 60.4 Å². The number of carbonyl (C=O) groups excluding carboxylic acids is 1. The molecule has 0 saturated heterocycles. The molecule has 0 radical (unpaired) electrons. The first-order valence-corrected chi connectivity index (χ1v) is 9.70. The number of nitrogens with one attached hydrogen (secondary N) is 3. The van der Waals surface area contributed by atoms with Gasteiger partial charge in [0.15, 0.2) is 0 Å². The molecule has 2 aromatic carbocycles. The number of anilines is 3. The van der Waals surface area contributed by atoms with Crippen molar-refractivity contribution in [1.82, 2.24) is 20.3 Å². The normalized spacial score (nSPS) is 10.6. The molecule has 1 amide bonds. The average Bonchev–Trinajstić information content (AvgIpc) is 3.20. The zero-order valence-corrected chi connectivity index (χ0v) is 17.7. The predicted octanol–water partition coefficient (Wildman–Crippen LogP) is 3.69. The highest BCUT2D eigenvalue weighted by Gasteiger charge is 2.11. The van der Waals surface area contributed by atoms with E-state index in [1.54, 1.807) is 50.6 Å². The van der Waals surface area contributed by atoms with Crippen LogP contribution in [0.15, 0.2) is 54.7 Å². The quantitative estimate of drug-likeness (QED) is 0.325. The molecule has 32 heavy (non-hydrogen) atoms. The van der Waals surface area contributed by atoms with Gasteiger partial charge in [-0.2, -0.15) is 0 Å². The highest BCUT2D eigenvalue weighted by Crippen LogP contribution is 2.32. The zero-order valence-electron chi connectivity index (χ0n) is 17.7. The number of ether oxygens (including phenoxy) is 2. The van der Waals surface area contributed by atoms with Gasteiger partial charge in [0, 0.05) is 38.5 Å². The van der Waals surface area contributed by atoms with E-state index in [4.69, 9.17) is 9.47 Å². The number of carbonyl (C=O) groups is 1. The van der Waals surface area contributed by atoms with Crippen LogP contribution in [0.3, 0.4) is 0 Å². The van der Waals surface area contributed by atoms with E-state index in [9.17, 15) is 10.0 Å². The molecule has 4 N–H and O–H groups in total.